The van der Waals surface area contributed by atoms with Crippen molar-refractivity contribution in [3.63, 3.8) is 0 Å². The number of anilines is 1. The molecule has 2 amide bonds. The Labute approximate surface area is 112 Å². The molecule has 4 N–H and O–H groups in total. The summed E-state index contributed by atoms with van der Waals surface area (Å²) < 4.78 is 0. The lowest BCUT2D eigenvalue weighted by atomic mass is 10.3. The van der Waals surface area contributed by atoms with Gasteiger partial charge >= 0.3 is 6.03 Å². The maximum absolute atomic E-state index is 12.0. The Balaban J connectivity index is 1.87. The Morgan fingerprint density at radius 1 is 1.26 bits per heavy atom. The van der Waals surface area contributed by atoms with Gasteiger partial charge in [-0.05, 0) is 12.1 Å². The normalized spacial score (nSPS) is 16.4. The number of nitrogens with zero attached hydrogens (tertiary/aromatic N) is 2. The molecular weight excluding hydrogens is 244 g/mol. The van der Waals surface area contributed by atoms with E-state index in [9.17, 15) is 9.90 Å². The zero-order chi connectivity index (χ0) is 13.7. The van der Waals surface area contributed by atoms with E-state index in [0.29, 0.717) is 25.3 Å². The van der Waals surface area contributed by atoms with E-state index in [0.717, 1.165) is 19.6 Å². The molecule has 0 aliphatic carbocycles. The Bertz CT molecular complexity index is 430. The van der Waals surface area contributed by atoms with Crippen LogP contribution in [0, 0.1) is 0 Å². The van der Waals surface area contributed by atoms with Crippen LogP contribution in [0.2, 0.25) is 0 Å². The molecule has 0 atom stereocenters. The number of aromatic hydroxyl groups is 1. The van der Waals surface area contributed by atoms with Crippen molar-refractivity contribution >= 4 is 11.7 Å². The van der Waals surface area contributed by atoms with E-state index in [1.807, 2.05) is 0 Å². The van der Waals surface area contributed by atoms with Gasteiger partial charge in [0.05, 0.1) is 5.69 Å². The standard InChI is InChI=1S/C13H20N4O2/c14-5-6-16-7-9-17(10-8-16)13(19)15-11-3-1-2-4-12(11)18/h1-4,18H,5-10,14H2,(H,15,19). The fourth-order valence-electron chi connectivity index (χ4n) is 2.13. The van der Waals surface area contributed by atoms with Crippen LogP contribution in [0.1, 0.15) is 0 Å². The lowest BCUT2D eigenvalue weighted by Crippen LogP contribution is -2.50. The van der Waals surface area contributed by atoms with Crippen LogP contribution in [0.4, 0.5) is 10.5 Å². The largest absolute Gasteiger partial charge is 0.506 e. The first-order valence-corrected chi connectivity index (χ1v) is 6.47. The molecule has 0 unspecified atom stereocenters. The molecule has 1 aromatic carbocycles. The number of benzene rings is 1. The maximum Gasteiger partial charge on any atom is 0.322 e. The topological polar surface area (TPSA) is 81.8 Å². The Morgan fingerprint density at radius 3 is 2.58 bits per heavy atom. The van der Waals surface area contributed by atoms with Gasteiger partial charge in [0.25, 0.3) is 0 Å². The summed E-state index contributed by atoms with van der Waals surface area (Å²) in [5, 5.41) is 12.3. The lowest BCUT2D eigenvalue weighted by Gasteiger charge is -2.34. The number of nitrogens with two attached hydrogens (primary N) is 1. The van der Waals surface area contributed by atoms with Crippen molar-refractivity contribution in [2.45, 2.75) is 0 Å². The molecule has 0 spiro atoms. The number of carbonyl (C=O) groups is 1. The second kappa shape index (κ2) is 6.40. The minimum Gasteiger partial charge on any atom is -0.506 e. The van der Waals surface area contributed by atoms with Crippen molar-refractivity contribution in [3.05, 3.63) is 24.3 Å². The van der Waals surface area contributed by atoms with Gasteiger partial charge in [-0.15, -0.1) is 0 Å². The summed E-state index contributed by atoms with van der Waals surface area (Å²) in [6, 6.07) is 6.55. The molecule has 0 aromatic heterocycles. The van der Waals surface area contributed by atoms with Crippen molar-refractivity contribution in [2.75, 3.05) is 44.6 Å². The molecule has 6 nitrogen and oxygen atoms in total. The van der Waals surface area contributed by atoms with E-state index in [1.165, 1.54) is 0 Å². The molecule has 1 aliphatic rings. The summed E-state index contributed by atoms with van der Waals surface area (Å²) in [4.78, 5) is 16.0. The predicted molar refractivity (Wildman–Crippen MR) is 74.2 cm³/mol. The van der Waals surface area contributed by atoms with E-state index in [4.69, 9.17) is 5.73 Å². The lowest BCUT2D eigenvalue weighted by molar-refractivity contribution is 0.149. The SMILES string of the molecule is NCCN1CCN(C(=O)Nc2ccccc2O)CC1. The van der Waals surface area contributed by atoms with Gasteiger partial charge in [0.15, 0.2) is 0 Å². The van der Waals surface area contributed by atoms with Crippen molar-refractivity contribution in [2.24, 2.45) is 5.73 Å². The van der Waals surface area contributed by atoms with E-state index in [1.54, 1.807) is 29.2 Å². The average Bonchev–Trinajstić information content (AvgIpc) is 2.42. The van der Waals surface area contributed by atoms with Crippen LogP contribution in [0.5, 0.6) is 5.75 Å². The third kappa shape index (κ3) is 3.59. The average molecular weight is 264 g/mol. The van der Waals surface area contributed by atoms with Crippen molar-refractivity contribution in [1.29, 1.82) is 0 Å². The summed E-state index contributed by atoms with van der Waals surface area (Å²) in [6.45, 7) is 4.55. The highest BCUT2D eigenvalue weighted by Crippen LogP contribution is 2.21. The minimum absolute atomic E-state index is 0.0811. The number of hydrogen-bond acceptors (Lipinski definition) is 4. The highest BCUT2D eigenvalue weighted by Gasteiger charge is 2.20. The molecule has 0 saturated carbocycles. The number of piperazine rings is 1. The second-order valence-corrected chi connectivity index (χ2v) is 4.56. The van der Waals surface area contributed by atoms with Crippen LogP contribution in [0.3, 0.4) is 0 Å². The summed E-state index contributed by atoms with van der Waals surface area (Å²) in [6.07, 6.45) is 0. The number of nitrogens with one attached hydrogen (secondary N) is 1. The van der Waals surface area contributed by atoms with Crippen LogP contribution in [-0.2, 0) is 0 Å². The molecule has 6 heteroatoms. The van der Waals surface area contributed by atoms with Crippen molar-refractivity contribution in [1.82, 2.24) is 9.80 Å². The first-order valence-electron chi connectivity index (χ1n) is 6.47. The molecule has 2 rings (SSSR count). The van der Waals surface area contributed by atoms with Crippen molar-refractivity contribution in [3.8, 4) is 5.75 Å². The van der Waals surface area contributed by atoms with E-state index in [2.05, 4.69) is 10.2 Å². The first kappa shape index (κ1) is 13.6. The summed E-state index contributed by atoms with van der Waals surface area (Å²) in [7, 11) is 0. The van der Waals surface area contributed by atoms with Crippen molar-refractivity contribution < 1.29 is 9.90 Å². The smallest absolute Gasteiger partial charge is 0.322 e. The second-order valence-electron chi connectivity index (χ2n) is 4.56. The minimum atomic E-state index is -0.172. The fraction of sp³-hybridized carbons (Fsp3) is 0.462. The number of rotatable bonds is 3. The molecule has 19 heavy (non-hydrogen) atoms. The molecule has 1 heterocycles. The van der Waals surface area contributed by atoms with E-state index in [-0.39, 0.29) is 11.8 Å². The Kier molecular flexibility index (Phi) is 4.59. The Morgan fingerprint density at radius 2 is 1.95 bits per heavy atom. The third-order valence-corrected chi connectivity index (χ3v) is 3.25. The number of hydrogen-bond donors (Lipinski definition) is 3. The monoisotopic (exact) mass is 264 g/mol. The van der Waals surface area contributed by atoms with Gasteiger partial charge in [0, 0.05) is 39.3 Å². The summed E-state index contributed by atoms with van der Waals surface area (Å²) in [5.41, 5.74) is 5.95. The Hall–Kier alpha value is -1.79. The number of phenolic OH excluding ortho intramolecular Hbond substituents is 1. The molecule has 104 valence electrons. The van der Waals surface area contributed by atoms with E-state index < -0.39 is 0 Å². The first-order chi connectivity index (χ1) is 9.20. The number of urea groups is 1. The molecule has 1 fully saturated rings. The van der Waals surface area contributed by atoms with Crippen LogP contribution in [-0.4, -0.2) is 60.2 Å². The molecule has 1 aliphatic heterocycles. The van der Waals surface area contributed by atoms with Gasteiger partial charge < -0.3 is 21.1 Å². The molecular formula is C13H20N4O2. The predicted octanol–water partition coefficient (Wildman–Crippen LogP) is 0.500. The van der Waals surface area contributed by atoms with Gasteiger partial charge in [-0.3, -0.25) is 4.90 Å². The molecule has 0 bridgehead atoms. The van der Waals surface area contributed by atoms with Gasteiger partial charge in [-0.2, -0.15) is 0 Å². The molecule has 1 saturated heterocycles. The van der Waals surface area contributed by atoms with Gasteiger partial charge in [0.2, 0.25) is 0 Å². The van der Waals surface area contributed by atoms with Gasteiger partial charge in [0.1, 0.15) is 5.75 Å². The van der Waals surface area contributed by atoms with Gasteiger partial charge in [-0.1, -0.05) is 12.1 Å². The van der Waals surface area contributed by atoms with E-state index >= 15 is 0 Å². The quantitative estimate of drug-likeness (QED) is 0.694. The number of carbonyl (C=O) groups excluding carboxylic acids is 1. The number of para-hydroxylation sites is 2. The highest BCUT2D eigenvalue weighted by atomic mass is 16.3. The summed E-state index contributed by atoms with van der Waals surface area (Å²) in [5.74, 6) is 0.0811. The third-order valence-electron chi connectivity index (χ3n) is 3.25. The molecule has 1 aromatic rings. The zero-order valence-corrected chi connectivity index (χ0v) is 10.9. The molecule has 0 radical (unpaired) electrons. The van der Waals surface area contributed by atoms with Crippen LogP contribution in [0.15, 0.2) is 24.3 Å². The number of amides is 2. The van der Waals surface area contributed by atoms with Crippen LogP contribution in [0.25, 0.3) is 0 Å². The van der Waals surface area contributed by atoms with Crippen LogP contribution >= 0.6 is 0 Å². The highest BCUT2D eigenvalue weighted by molar-refractivity contribution is 5.90. The van der Waals surface area contributed by atoms with Gasteiger partial charge in [-0.25, -0.2) is 4.79 Å². The zero-order valence-electron chi connectivity index (χ0n) is 10.9. The van der Waals surface area contributed by atoms with Crippen LogP contribution < -0.4 is 11.1 Å². The number of phenols is 1. The maximum atomic E-state index is 12.0. The fourth-order valence-corrected chi connectivity index (χ4v) is 2.13. The summed E-state index contributed by atoms with van der Waals surface area (Å²) >= 11 is 0.